The Hall–Kier alpha value is -2.95. The first-order chi connectivity index (χ1) is 15.5. The van der Waals surface area contributed by atoms with Crippen LogP contribution in [0.5, 0.6) is 0 Å². The van der Waals surface area contributed by atoms with E-state index in [0.29, 0.717) is 6.42 Å². The number of carbonyl (C=O) groups is 2. The molecular weight excluding hydrogens is 398 g/mol. The molecule has 0 atom stereocenters. The van der Waals surface area contributed by atoms with E-state index < -0.39 is 0 Å². The predicted octanol–water partition coefficient (Wildman–Crippen LogP) is 5.11. The maximum atomic E-state index is 12.4. The van der Waals surface area contributed by atoms with Crippen LogP contribution >= 0.6 is 0 Å². The van der Waals surface area contributed by atoms with Crippen LogP contribution in [0.1, 0.15) is 69.9 Å². The molecule has 0 bridgehead atoms. The van der Waals surface area contributed by atoms with Crippen LogP contribution < -0.4 is 10.6 Å². The van der Waals surface area contributed by atoms with Crippen LogP contribution in [0.3, 0.4) is 0 Å². The van der Waals surface area contributed by atoms with E-state index in [0.717, 1.165) is 34.9 Å². The average molecular weight is 434 g/mol. The van der Waals surface area contributed by atoms with Crippen LogP contribution in [-0.4, -0.2) is 30.1 Å². The number of carbonyl (C=O) groups excluding carboxylic acids is 2. The molecule has 1 heterocycles. The van der Waals surface area contributed by atoms with Crippen molar-refractivity contribution in [3.63, 3.8) is 0 Å². The normalized spacial score (nSPS) is 16.5. The summed E-state index contributed by atoms with van der Waals surface area (Å²) in [5.41, 5.74) is 8.97. The molecule has 5 nitrogen and oxygen atoms in total. The Bertz CT molecular complexity index is 931. The number of fused-ring (bicyclic) bond motifs is 1. The molecule has 1 saturated carbocycles. The molecule has 2 aromatic carbocycles. The molecular formula is C27H35N3O2. The fourth-order valence-electron chi connectivity index (χ4n) is 4.56. The second kappa shape index (κ2) is 11.6. The van der Waals surface area contributed by atoms with Crippen molar-refractivity contribution in [1.29, 1.82) is 0 Å². The molecule has 0 unspecified atom stereocenters. The lowest BCUT2D eigenvalue weighted by atomic mass is 9.86. The molecule has 1 aliphatic carbocycles. The standard InChI is InChI=1S/C18H18N2O.C9H17NO/c1-13(2)20-16-11-7-6-10-15(16)18(19-12-17(20)21)14-8-4-3-5-9-14;10-9(11)7-6-8-4-2-1-3-5-8/h3-11,13H,12H2,1-2H3;8H,1-7H2,(H2,10,11). The predicted molar refractivity (Wildman–Crippen MR) is 131 cm³/mol. The number of amides is 2. The molecule has 0 radical (unpaired) electrons. The van der Waals surface area contributed by atoms with Gasteiger partial charge in [-0.3, -0.25) is 14.6 Å². The molecule has 0 saturated heterocycles. The highest BCUT2D eigenvalue weighted by Gasteiger charge is 2.26. The van der Waals surface area contributed by atoms with Gasteiger partial charge in [-0.1, -0.05) is 80.6 Å². The van der Waals surface area contributed by atoms with Gasteiger partial charge < -0.3 is 10.6 Å². The summed E-state index contributed by atoms with van der Waals surface area (Å²) in [6.45, 7) is 4.25. The van der Waals surface area contributed by atoms with Crippen LogP contribution in [0.2, 0.25) is 0 Å². The topological polar surface area (TPSA) is 75.8 Å². The highest BCUT2D eigenvalue weighted by atomic mass is 16.2. The zero-order valence-electron chi connectivity index (χ0n) is 19.3. The lowest BCUT2D eigenvalue weighted by Crippen LogP contribution is -2.38. The Balaban J connectivity index is 0.000000222. The first-order valence-corrected chi connectivity index (χ1v) is 11.8. The van der Waals surface area contributed by atoms with Gasteiger partial charge in [-0.15, -0.1) is 0 Å². The Kier molecular flexibility index (Phi) is 8.60. The van der Waals surface area contributed by atoms with Crippen LogP contribution in [-0.2, 0) is 9.59 Å². The average Bonchev–Trinajstić information content (AvgIpc) is 2.95. The van der Waals surface area contributed by atoms with Crippen molar-refractivity contribution >= 4 is 23.2 Å². The number of anilines is 1. The van der Waals surface area contributed by atoms with Crippen molar-refractivity contribution in [1.82, 2.24) is 0 Å². The van der Waals surface area contributed by atoms with E-state index in [1.54, 1.807) is 0 Å². The minimum atomic E-state index is -0.143. The molecule has 170 valence electrons. The van der Waals surface area contributed by atoms with E-state index >= 15 is 0 Å². The summed E-state index contributed by atoms with van der Waals surface area (Å²) < 4.78 is 0. The van der Waals surface area contributed by atoms with Gasteiger partial charge in [0, 0.05) is 23.6 Å². The summed E-state index contributed by atoms with van der Waals surface area (Å²) in [7, 11) is 0. The van der Waals surface area contributed by atoms with Gasteiger partial charge in [-0.25, -0.2) is 0 Å². The molecule has 0 aromatic heterocycles. The Morgan fingerprint density at radius 1 is 1.03 bits per heavy atom. The Morgan fingerprint density at radius 2 is 1.69 bits per heavy atom. The van der Waals surface area contributed by atoms with Crippen molar-refractivity contribution in [3.8, 4) is 0 Å². The van der Waals surface area contributed by atoms with Crippen LogP contribution in [0, 0.1) is 5.92 Å². The Morgan fingerprint density at radius 3 is 2.34 bits per heavy atom. The van der Waals surface area contributed by atoms with E-state index in [1.165, 1.54) is 32.1 Å². The van der Waals surface area contributed by atoms with E-state index in [9.17, 15) is 9.59 Å². The van der Waals surface area contributed by atoms with Crippen molar-refractivity contribution in [2.24, 2.45) is 16.6 Å². The second-order valence-electron chi connectivity index (χ2n) is 8.91. The molecule has 2 aliphatic rings. The maximum absolute atomic E-state index is 12.4. The van der Waals surface area contributed by atoms with Gasteiger partial charge in [-0.2, -0.15) is 0 Å². The van der Waals surface area contributed by atoms with Crippen molar-refractivity contribution in [2.45, 2.75) is 64.8 Å². The van der Waals surface area contributed by atoms with Crippen molar-refractivity contribution < 1.29 is 9.59 Å². The number of primary amides is 1. The van der Waals surface area contributed by atoms with E-state index in [2.05, 4.69) is 4.99 Å². The van der Waals surface area contributed by atoms with Gasteiger partial charge in [0.2, 0.25) is 11.8 Å². The van der Waals surface area contributed by atoms with E-state index in [4.69, 9.17) is 5.73 Å². The lowest BCUT2D eigenvalue weighted by molar-refractivity contribution is -0.118. The third-order valence-electron chi connectivity index (χ3n) is 6.15. The van der Waals surface area contributed by atoms with Crippen LogP contribution in [0.4, 0.5) is 5.69 Å². The molecule has 4 rings (SSSR count). The van der Waals surface area contributed by atoms with E-state index in [-0.39, 0.29) is 24.4 Å². The molecule has 2 N–H and O–H groups in total. The molecule has 1 aliphatic heterocycles. The fourth-order valence-corrected chi connectivity index (χ4v) is 4.56. The summed E-state index contributed by atoms with van der Waals surface area (Å²) >= 11 is 0. The first kappa shape index (κ1) is 23.7. The van der Waals surface area contributed by atoms with Crippen molar-refractivity contribution in [2.75, 3.05) is 11.4 Å². The molecule has 32 heavy (non-hydrogen) atoms. The number of benzodiazepines with no additional fused rings is 1. The highest BCUT2D eigenvalue weighted by Crippen LogP contribution is 2.28. The van der Waals surface area contributed by atoms with Gasteiger partial charge >= 0.3 is 0 Å². The fraction of sp³-hybridized carbons (Fsp3) is 0.444. The minimum Gasteiger partial charge on any atom is -0.370 e. The SMILES string of the molecule is CC(C)N1C(=O)CN=C(c2ccccc2)c2ccccc21.NC(=O)CCC1CCCCC1. The monoisotopic (exact) mass is 433 g/mol. The van der Waals surface area contributed by atoms with Gasteiger partial charge in [0.05, 0.1) is 11.4 Å². The molecule has 2 aromatic rings. The number of hydrogen-bond donors (Lipinski definition) is 1. The number of hydrogen-bond acceptors (Lipinski definition) is 3. The zero-order chi connectivity index (χ0) is 22.9. The molecule has 2 amide bonds. The number of para-hydroxylation sites is 1. The minimum absolute atomic E-state index is 0.0448. The summed E-state index contributed by atoms with van der Waals surface area (Å²) in [6, 6.07) is 18.1. The van der Waals surface area contributed by atoms with Crippen LogP contribution in [0.25, 0.3) is 0 Å². The summed E-state index contributed by atoms with van der Waals surface area (Å²) in [5.74, 6) is 0.690. The molecule has 5 heteroatoms. The number of nitrogens with zero attached hydrogens (tertiary/aromatic N) is 2. The smallest absolute Gasteiger partial charge is 0.248 e. The summed E-state index contributed by atoms with van der Waals surface area (Å²) in [6.07, 6.45) is 8.32. The lowest BCUT2D eigenvalue weighted by Gasteiger charge is -2.26. The molecule has 0 spiro atoms. The number of rotatable bonds is 5. The van der Waals surface area contributed by atoms with Gasteiger partial charge in [0.1, 0.15) is 6.54 Å². The molecule has 1 fully saturated rings. The summed E-state index contributed by atoms with van der Waals surface area (Å²) in [4.78, 5) is 29.3. The largest absolute Gasteiger partial charge is 0.370 e. The van der Waals surface area contributed by atoms with Crippen molar-refractivity contribution in [3.05, 3.63) is 65.7 Å². The third-order valence-corrected chi connectivity index (χ3v) is 6.15. The third kappa shape index (κ3) is 6.28. The second-order valence-corrected chi connectivity index (χ2v) is 8.91. The zero-order valence-corrected chi connectivity index (χ0v) is 19.3. The first-order valence-electron chi connectivity index (χ1n) is 11.8. The van der Waals surface area contributed by atoms with E-state index in [1.807, 2.05) is 73.3 Å². The quantitative estimate of drug-likeness (QED) is 0.711. The highest BCUT2D eigenvalue weighted by molar-refractivity contribution is 6.19. The maximum Gasteiger partial charge on any atom is 0.248 e. The van der Waals surface area contributed by atoms with Gasteiger partial charge in [0.15, 0.2) is 0 Å². The number of nitrogens with two attached hydrogens (primary N) is 1. The number of benzene rings is 2. The Labute approximate surface area is 191 Å². The number of aliphatic imine (C=N–C) groups is 1. The van der Waals surface area contributed by atoms with Gasteiger partial charge in [0.25, 0.3) is 0 Å². The summed E-state index contributed by atoms with van der Waals surface area (Å²) in [5, 5.41) is 0. The van der Waals surface area contributed by atoms with Gasteiger partial charge in [-0.05, 0) is 32.3 Å². The van der Waals surface area contributed by atoms with Crippen LogP contribution in [0.15, 0.2) is 59.6 Å².